The Balaban J connectivity index is 0.905. The van der Waals surface area contributed by atoms with Crippen LogP contribution in [0.2, 0.25) is 0 Å². The maximum Gasteiger partial charge on any atom is 0.329 e. The van der Waals surface area contributed by atoms with E-state index in [0.29, 0.717) is 104 Å². The predicted molar refractivity (Wildman–Crippen MR) is 290 cm³/mol. The number of nitrogens with zero attached hydrogens (tertiary/aromatic N) is 2. The second-order valence-corrected chi connectivity index (χ2v) is 19.5. The SMILES string of the molecule is CC[C@@H](C(=O)N1CCCC[C@@H]1C(=O)O[C@@H](CCc1ccc(OC)c(OC)c1)c1ccccc1OCC(=O)NCCCCCCNC(=O)COc1cccc2c1C(=O)N(C1CCC(=O)NC1=O)C2=O)c1cc(OC)c(OC)c(OC)c1. The molecule has 3 aliphatic rings. The van der Waals surface area contributed by atoms with Crippen molar-refractivity contribution in [2.24, 2.45) is 0 Å². The fourth-order valence-electron chi connectivity index (χ4n) is 10.3. The Kier molecular flexibility index (Phi) is 21.1. The lowest BCUT2D eigenvalue weighted by Gasteiger charge is -2.37. The number of esters is 1. The Bertz CT molecular complexity index is 2890. The molecule has 1 unspecified atom stereocenters. The van der Waals surface area contributed by atoms with Crippen LogP contribution in [0.25, 0.3) is 0 Å². The third-order valence-corrected chi connectivity index (χ3v) is 14.4. The van der Waals surface area contributed by atoms with Crippen LogP contribution in [0.3, 0.4) is 0 Å². The largest absolute Gasteiger partial charge is 0.493 e. The van der Waals surface area contributed by atoms with Gasteiger partial charge in [-0.05, 0) is 111 Å². The molecule has 3 aliphatic heterocycles. The van der Waals surface area contributed by atoms with Crippen LogP contribution >= 0.6 is 0 Å². The van der Waals surface area contributed by atoms with Gasteiger partial charge in [0, 0.05) is 31.6 Å². The molecule has 4 aromatic rings. The van der Waals surface area contributed by atoms with E-state index >= 15 is 0 Å². The number of carbonyl (C=O) groups excluding carboxylic acids is 8. The second kappa shape index (κ2) is 28.5. The molecular formula is C59H71N5O16. The van der Waals surface area contributed by atoms with Gasteiger partial charge in [-0.2, -0.15) is 0 Å². The number of amides is 7. The highest BCUT2D eigenvalue weighted by Crippen LogP contribution is 2.42. The normalized spacial score (nSPS) is 16.6. The molecule has 0 aromatic heterocycles. The van der Waals surface area contributed by atoms with E-state index in [9.17, 15) is 38.4 Å². The lowest BCUT2D eigenvalue weighted by molar-refractivity contribution is -0.162. The van der Waals surface area contributed by atoms with Crippen molar-refractivity contribution in [3.63, 3.8) is 0 Å². The first-order valence-electron chi connectivity index (χ1n) is 27.0. The van der Waals surface area contributed by atoms with E-state index in [0.717, 1.165) is 36.1 Å². The minimum absolute atomic E-state index is 0.0104. The molecule has 21 heteroatoms. The summed E-state index contributed by atoms with van der Waals surface area (Å²) in [5.74, 6) is -2.03. The summed E-state index contributed by atoms with van der Waals surface area (Å²) in [7, 11) is 7.66. The Hall–Kier alpha value is -8.36. The lowest BCUT2D eigenvalue weighted by atomic mass is 9.91. The van der Waals surface area contributed by atoms with Crippen molar-refractivity contribution in [1.82, 2.24) is 25.8 Å². The molecule has 0 spiro atoms. The fraction of sp³-hybridized carbons (Fsp3) is 0.458. The van der Waals surface area contributed by atoms with E-state index in [-0.39, 0.29) is 48.1 Å². The Morgan fingerprint density at radius 1 is 0.675 bits per heavy atom. The summed E-state index contributed by atoms with van der Waals surface area (Å²) in [6.07, 6.45) is 5.05. The number of benzene rings is 4. The number of aryl methyl sites for hydroxylation is 1. The molecule has 80 heavy (non-hydrogen) atoms. The molecule has 3 heterocycles. The van der Waals surface area contributed by atoms with Crippen molar-refractivity contribution in [3.05, 3.63) is 101 Å². The summed E-state index contributed by atoms with van der Waals surface area (Å²) in [5.41, 5.74) is 2.12. The molecule has 3 N–H and O–H groups in total. The number of hydrogen-bond donors (Lipinski definition) is 3. The molecule has 2 fully saturated rings. The first kappa shape index (κ1) is 59.3. The van der Waals surface area contributed by atoms with Gasteiger partial charge >= 0.3 is 5.97 Å². The molecule has 7 rings (SSSR count). The Labute approximate surface area is 465 Å². The van der Waals surface area contributed by atoms with Crippen LogP contribution in [0.4, 0.5) is 0 Å². The van der Waals surface area contributed by atoms with Gasteiger partial charge in [-0.25, -0.2) is 4.79 Å². The number of methoxy groups -OCH3 is 5. The van der Waals surface area contributed by atoms with Gasteiger partial charge in [0.2, 0.25) is 23.5 Å². The molecule has 0 aliphatic carbocycles. The molecule has 4 aromatic carbocycles. The van der Waals surface area contributed by atoms with E-state index in [1.807, 2.05) is 31.2 Å². The molecule has 0 saturated carbocycles. The quantitative estimate of drug-likeness (QED) is 0.0326. The number of para-hydroxylation sites is 1. The highest BCUT2D eigenvalue weighted by molar-refractivity contribution is 6.24. The van der Waals surface area contributed by atoms with E-state index in [1.165, 1.54) is 39.5 Å². The van der Waals surface area contributed by atoms with Crippen LogP contribution in [0.1, 0.15) is 127 Å². The number of carbonyl (C=O) groups is 8. The molecule has 7 amide bonds. The van der Waals surface area contributed by atoms with Crippen LogP contribution in [0.15, 0.2) is 72.8 Å². The zero-order valence-corrected chi connectivity index (χ0v) is 46.2. The number of unbranched alkanes of at least 4 members (excludes halogenated alkanes) is 3. The van der Waals surface area contributed by atoms with Crippen molar-refractivity contribution in [2.75, 3.05) is 68.4 Å². The molecule has 21 nitrogen and oxygen atoms in total. The number of rotatable bonds is 28. The fourth-order valence-corrected chi connectivity index (χ4v) is 10.3. The van der Waals surface area contributed by atoms with E-state index in [2.05, 4.69) is 16.0 Å². The molecule has 2 saturated heterocycles. The van der Waals surface area contributed by atoms with Gasteiger partial charge in [0.1, 0.15) is 29.7 Å². The van der Waals surface area contributed by atoms with Gasteiger partial charge in [0.05, 0.1) is 52.6 Å². The first-order valence-corrected chi connectivity index (χ1v) is 27.0. The lowest BCUT2D eigenvalue weighted by Crippen LogP contribution is -2.54. The molecule has 0 radical (unpaired) electrons. The number of ether oxygens (including phenoxy) is 8. The van der Waals surface area contributed by atoms with Gasteiger partial charge in [0.25, 0.3) is 23.6 Å². The smallest absolute Gasteiger partial charge is 0.329 e. The first-order chi connectivity index (χ1) is 38.7. The van der Waals surface area contributed by atoms with Gasteiger partial charge in [-0.3, -0.25) is 43.8 Å². The summed E-state index contributed by atoms with van der Waals surface area (Å²) >= 11 is 0. The highest BCUT2D eigenvalue weighted by atomic mass is 16.6. The summed E-state index contributed by atoms with van der Waals surface area (Å²) in [6.45, 7) is 2.30. The number of hydrogen-bond acceptors (Lipinski definition) is 16. The molecular weight excluding hydrogens is 1030 g/mol. The predicted octanol–water partition coefficient (Wildman–Crippen LogP) is 6.17. The van der Waals surface area contributed by atoms with Crippen LogP contribution in [0, 0.1) is 0 Å². The average molecular weight is 1110 g/mol. The summed E-state index contributed by atoms with van der Waals surface area (Å²) in [6, 6.07) is 18.7. The van der Waals surface area contributed by atoms with Crippen molar-refractivity contribution < 1.29 is 76.3 Å². The monoisotopic (exact) mass is 1110 g/mol. The molecule has 4 atom stereocenters. The summed E-state index contributed by atoms with van der Waals surface area (Å²) in [4.78, 5) is 108. The summed E-state index contributed by atoms with van der Waals surface area (Å²) in [5, 5.41) is 7.84. The van der Waals surface area contributed by atoms with Gasteiger partial charge in [0.15, 0.2) is 36.2 Å². The van der Waals surface area contributed by atoms with E-state index in [4.69, 9.17) is 37.9 Å². The van der Waals surface area contributed by atoms with Crippen LogP contribution < -0.4 is 49.1 Å². The van der Waals surface area contributed by atoms with Crippen molar-refractivity contribution in [2.45, 2.75) is 108 Å². The number of nitrogens with one attached hydrogen (secondary N) is 3. The maximum atomic E-state index is 14.6. The maximum absolute atomic E-state index is 14.6. The number of piperidine rings is 2. The third-order valence-electron chi connectivity index (χ3n) is 14.4. The number of likely N-dealkylation sites (tertiary alicyclic amines) is 1. The van der Waals surface area contributed by atoms with Crippen molar-refractivity contribution in [1.29, 1.82) is 0 Å². The second-order valence-electron chi connectivity index (χ2n) is 19.5. The van der Waals surface area contributed by atoms with E-state index in [1.54, 1.807) is 49.5 Å². The zero-order chi connectivity index (χ0) is 57.3. The van der Waals surface area contributed by atoms with Crippen LogP contribution in [-0.2, 0) is 39.9 Å². The van der Waals surface area contributed by atoms with Crippen LogP contribution in [-0.4, -0.2) is 138 Å². The third kappa shape index (κ3) is 14.3. The minimum atomic E-state index is -1.13. The molecule has 0 bridgehead atoms. The van der Waals surface area contributed by atoms with Crippen LogP contribution in [0.5, 0.6) is 40.2 Å². The summed E-state index contributed by atoms with van der Waals surface area (Å²) < 4.78 is 46.0. The highest BCUT2D eigenvalue weighted by Gasteiger charge is 2.46. The van der Waals surface area contributed by atoms with Gasteiger partial charge in [-0.15, -0.1) is 0 Å². The Morgan fingerprint density at radius 2 is 1.32 bits per heavy atom. The number of imide groups is 2. The standard InChI is InChI=1S/C59H71N5O16/c1-7-38(37-32-48(75-4)54(77-6)49(33-37)76-5)56(69)63-30-15-12-19-42(63)59(72)80-44(25-22-36-23-26-45(73-2)47(31-36)74-3)39-17-10-11-20-43(39)78-34-51(66)60-28-13-8-9-14-29-61-52(67)35-79-46-21-16-18-40-53(46)58(71)64(57(40)70)41-24-27-50(65)62-55(41)68/h10-11,16-18,20-21,23,26,31-33,38,41-42,44H,7-9,12-15,19,22,24-25,27-30,34-35H2,1-6H3,(H,60,66)(H,61,67)(H,62,65,68)/t38-,41?,42-,44+/m1/s1. The van der Waals surface area contributed by atoms with Crippen molar-refractivity contribution in [3.8, 4) is 40.2 Å². The minimum Gasteiger partial charge on any atom is -0.493 e. The topological polar surface area (TPSA) is 253 Å². The molecule has 428 valence electrons. The Morgan fingerprint density at radius 3 is 1.96 bits per heavy atom. The number of fused-ring (bicyclic) bond motifs is 1. The zero-order valence-electron chi connectivity index (χ0n) is 46.2. The van der Waals surface area contributed by atoms with Gasteiger partial charge in [-0.1, -0.05) is 50.1 Å². The van der Waals surface area contributed by atoms with E-state index < -0.39 is 66.2 Å². The average Bonchev–Trinajstić information content (AvgIpc) is 3.76. The van der Waals surface area contributed by atoms with Gasteiger partial charge < -0.3 is 53.4 Å². The van der Waals surface area contributed by atoms with Crippen molar-refractivity contribution >= 4 is 47.3 Å².